The van der Waals surface area contributed by atoms with E-state index >= 15 is 0 Å². The smallest absolute Gasteiger partial charge is 0.248 e. The van der Waals surface area contributed by atoms with Gasteiger partial charge in [-0.25, -0.2) is 0 Å². The number of carbonyl (C=O) groups is 1. The number of aryl methyl sites for hydroxylation is 1. The molecular formula is C14H17N3O3. The Bertz CT molecular complexity index is 578. The maximum atomic E-state index is 11.9. The van der Waals surface area contributed by atoms with E-state index in [2.05, 4.69) is 15.5 Å². The van der Waals surface area contributed by atoms with Crippen LogP contribution in [-0.4, -0.2) is 23.2 Å². The molecule has 6 heteroatoms. The number of ether oxygens (including phenoxy) is 1. The first kappa shape index (κ1) is 14.0. The highest BCUT2D eigenvalue weighted by Crippen LogP contribution is 2.13. The zero-order valence-corrected chi connectivity index (χ0v) is 11.7. The summed E-state index contributed by atoms with van der Waals surface area (Å²) < 4.78 is 10.1. The molecule has 0 fully saturated rings. The lowest BCUT2D eigenvalue weighted by molar-refractivity contribution is -0.121. The van der Waals surface area contributed by atoms with Crippen molar-refractivity contribution in [1.82, 2.24) is 15.5 Å². The third kappa shape index (κ3) is 3.57. The molecule has 1 aromatic carbocycles. The quantitative estimate of drug-likeness (QED) is 0.900. The molecule has 0 aliphatic carbocycles. The van der Waals surface area contributed by atoms with Crippen LogP contribution in [0.25, 0.3) is 0 Å². The Balaban J connectivity index is 1.91. The average Bonchev–Trinajstić information content (AvgIpc) is 2.86. The summed E-state index contributed by atoms with van der Waals surface area (Å²) >= 11 is 0. The molecule has 106 valence electrons. The van der Waals surface area contributed by atoms with Crippen LogP contribution in [0.2, 0.25) is 0 Å². The van der Waals surface area contributed by atoms with Crippen molar-refractivity contribution in [2.75, 3.05) is 7.11 Å². The van der Waals surface area contributed by atoms with Gasteiger partial charge in [0.2, 0.25) is 11.8 Å². The lowest BCUT2D eigenvalue weighted by atomic mass is 10.1. The highest BCUT2D eigenvalue weighted by atomic mass is 16.5. The number of aromatic nitrogens is 2. The van der Waals surface area contributed by atoms with Gasteiger partial charge in [-0.15, -0.1) is 0 Å². The molecule has 1 aromatic heterocycles. The normalized spacial score (nSPS) is 11.9. The van der Waals surface area contributed by atoms with Gasteiger partial charge in [-0.05, 0) is 31.5 Å². The molecule has 0 spiro atoms. The summed E-state index contributed by atoms with van der Waals surface area (Å²) in [4.78, 5) is 16.0. The SMILES string of the molecule is COc1ccc(CC(=O)N[C@H](C)c2nc(C)no2)cc1. The number of amides is 1. The molecule has 0 saturated heterocycles. The monoisotopic (exact) mass is 275 g/mol. The average molecular weight is 275 g/mol. The van der Waals surface area contributed by atoms with E-state index in [1.165, 1.54) is 0 Å². The molecule has 2 aromatic rings. The van der Waals surface area contributed by atoms with Crippen molar-refractivity contribution in [2.45, 2.75) is 26.3 Å². The molecule has 0 aliphatic rings. The first-order valence-corrected chi connectivity index (χ1v) is 6.31. The number of methoxy groups -OCH3 is 1. The molecule has 20 heavy (non-hydrogen) atoms. The molecular weight excluding hydrogens is 258 g/mol. The number of nitrogens with zero attached hydrogens (tertiary/aromatic N) is 2. The Kier molecular flexibility index (Phi) is 4.34. The van der Waals surface area contributed by atoms with E-state index < -0.39 is 0 Å². The van der Waals surface area contributed by atoms with Crippen LogP contribution in [0.3, 0.4) is 0 Å². The number of nitrogens with one attached hydrogen (secondary N) is 1. The van der Waals surface area contributed by atoms with Crippen molar-refractivity contribution in [3.05, 3.63) is 41.5 Å². The summed E-state index contributed by atoms with van der Waals surface area (Å²) in [6.45, 7) is 3.54. The van der Waals surface area contributed by atoms with Crippen LogP contribution in [0.1, 0.15) is 30.2 Å². The number of carbonyl (C=O) groups excluding carboxylic acids is 1. The molecule has 2 rings (SSSR count). The Hall–Kier alpha value is -2.37. The van der Waals surface area contributed by atoms with Gasteiger partial charge >= 0.3 is 0 Å². The maximum Gasteiger partial charge on any atom is 0.248 e. The number of hydrogen-bond donors (Lipinski definition) is 1. The van der Waals surface area contributed by atoms with Gasteiger partial charge in [-0.3, -0.25) is 4.79 Å². The van der Waals surface area contributed by atoms with E-state index in [1.807, 2.05) is 24.3 Å². The van der Waals surface area contributed by atoms with Crippen LogP contribution in [-0.2, 0) is 11.2 Å². The predicted octanol–water partition coefficient (Wildman–Crippen LogP) is 1.81. The Labute approximate surface area is 117 Å². The topological polar surface area (TPSA) is 77.2 Å². The highest BCUT2D eigenvalue weighted by molar-refractivity contribution is 5.78. The zero-order chi connectivity index (χ0) is 14.5. The van der Waals surface area contributed by atoms with Crippen LogP contribution in [0, 0.1) is 6.92 Å². The van der Waals surface area contributed by atoms with Gasteiger partial charge in [0.1, 0.15) is 11.8 Å². The Morgan fingerprint density at radius 3 is 2.65 bits per heavy atom. The van der Waals surface area contributed by atoms with Crippen molar-refractivity contribution < 1.29 is 14.1 Å². The summed E-state index contributed by atoms with van der Waals surface area (Å²) in [7, 11) is 1.61. The summed E-state index contributed by atoms with van der Waals surface area (Å²) in [6.07, 6.45) is 0.293. The third-order valence-electron chi connectivity index (χ3n) is 2.81. The Morgan fingerprint density at radius 2 is 2.10 bits per heavy atom. The minimum Gasteiger partial charge on any atom is -0.497 e. The van der Waals surface area contributed by atoms with Gasteiger partial charge in [0.15, 0.2) is 5.82 Å². The van der Waals surface area contributed by atoms with Crippen molar-refractivity contribution in [2.24, 2.45) is 0 Å². The number of rotatable bonds is 5. The molecule has 1 atom stereocenters. The fourth-order valence-electron chi connectivity index (χ4n) is 1.77. The van der Waals surface area contributed by atoms with E-state index in [1.54, 1.807) is 21.0 Å². The van der Waals surface area contributed by atoms with Crippen LogP contribution in [0.15, 0.2) is 28.8 Å². The molecule has 1 amide bonds. The van der Waals surface area contributed by atoms with Crippen molar-refractivity contribution in [1.29, 1.82) is 0 Å². The standard InChI is InChI=1S/C14H17N3O3/c1-9(14-16-10(2)17-20-14)15-13(18)8-11-4-6-12(19-3)7-5-11/h4-7,9H,8H2,1-3H3,(H,15,18)/t9-/m1/s1. The summed E-state index contributed by atoms with van der Waals surface area (Å²) in [5.74, 6) is 1.63. The van der Waals surface area contributed by atoms with E-state index in [4.69, 9.17) is 9.26 Å². The molecule has 6 nitrogen and oxygen atoms in total. The molecule has 0 radical (unpaired) electrons. The van der Waals surface area contributed by atoms with Crippen LogP contribution in [0.5, 0.6) is 5.75 Å². The highest BCUT2D eigenvalue weighted by Gasteiger charge is 2.15. The summed E-state index contributed by atoms with van der Waals surface area (Å²) in [6, 6.07) is 7.07. The van der Waals surface area contributed by atoms with Gasteiger partial charge in [0.25, 0.3) is 0 Å². The maximum absolute atomic E-state index is 11.9. The molecule has 0 saturated carbocycles. The number of hydrogen-bond acceptors (Lipinski definition) is 5. The van der Waals surface area contributed by atoms with Gasteiger partial charge in [-0.2, -0.15) is 4.98 Å². The van der Waals surface area contributed by atoms with Crippen molar-refractivity contribution in [3.63, 3.8) is 0 Å². The molecule has 0 bridgehead atoms. The fourth-order valence-corrected chi connectivity index (χ4v) is 1.77. The summed E-state index contributed by atoms with van der Waals surface area (Å²) in [5.41, 5.74) is 0.914. The van der Waals surface area contributed by atoms with Crippen molar-refractivity contribution in [3.8, 4) is 5.75 Å². The Morgan fingerprint density at radius 1 is 1.40 bits per heavy atom. The predicted molar refractivity (Wildman–Crippen MR) is 72.3 cm³/mol. The zero-order valence-electron chi connectivity index (χ0n) is 11.7. The van der Waals surface area contributed by atoms with Crippen molar-refractivity contribution >= 4 is 5.91 Å². The second-order valence-corrected chi connectivity index (χ2v) is 4.49. The largest absolute Gasteiger partial charge is 0.497 e. The molecule has 0 unspecified atom stereocenters. The van der Waals surface area contributed by atoms with Gasteiger partial charge in [0, 0.05) is 0 Å². The van der Waals surface area contributed by atoms with E-state index in [0.717, 1.165) is 11.3 Å². The fraction of sp³-hybridized carbons (Fsp3) is 0.357. The first-order valence-electron chi connectivity index (χ1n) is 6.31. The molecule has 1 N–H and O–H groups in total. The number of benzene rings is 1. The first-order chi connectivity index (χ1) is 9.58. The van der Waals surface area contributed by atoms with E-state index in [-0.39, 0.29) is 11.9 Å². The lowest BCUT2D eigenvalue weighted by Crippen LogP contribution is -2.28. The van der Waals surface area contributed by atoms with Gasteiger partial charge in [0.05, 0.1) is 13.5 Å². The molecule has 1 heterocycles. The second kappa shape index (κ2) is 6.18. The van der Waals surface area contributed by atoms with Crippen LogP contribution >= 0.6 is 0 Å². The van der Waals surface area contributed by atoms with E-state index in [9.17, 15) is 4.79 Å². The summed E-state index contributed by atoms with van der Waals surface area (Å²) in [5, 5.41) is 6.52. The van der Waals surface area contributed by atoms with E-state index in [0.29, 0.717) is 18.1 Å². The minimum absolute atomic E-state index is 0.0986. The lowest BCUT2D eigenvalue weighted by Gasteiger charge is -2.09. The minimum atomic E-state index is -0.304. The van der Waals surface area contributed by atoms with Gasteiger partial charge < -0.3 is 14.6 Å². The second-order valence-electron chi connectivity index (χ2n) is 4.49. The van der Waals surface area contributed by atoms with Crippen LogP contribution in [0.4, 0.5) is 0 Å². The third-order valence-corrected chi connectivity index (χ3v) is 2.81. The van der Waals surface area contributed by atoms with Gasteiger partial charge in [-0.1, -0.05) is 17.3 Å². The molecule has 0 aliphatic heterocycles. The van der Waals surface area contributed by atoms with Crippen LogP contribution < -0.4 is 10.1 Å².